The van der Waals surface area contributed by atoms with E-state index in [1.165, 1.54) is 12.0 Å². The molecule has 0 spiro atoms. The highest BCUT2D eigenvalue weighted by Gasteiger charge is 2.42. The van der Waals surface area contributed by atoms with Gasteiger partial charge in [-0.1, -0.05) is 41.1 Å². The quantitative estimate of drug-likeness (QED) is 0.802. The predicted octanol–water partition coefficient (Wildman–Crippen LogP) is 3.03. The van der Waals surface area contributed by atoms with E-state index < -0.39 is 0 Å². The first-order chi connectivity index (χ1) is 6.14. The molecule has 0 heterocycles. The topological polar surface area (TPSA) is 26.0 Å². The Morgan fingerprint density at radius 2 is 2.15 bits per heavy atom. The summed E-state index contributed by atoms with van der Waals surface area (Å²) in [4.78, 5) is 0. The van der Waals surface area contributed by atoms with Gasteiger partial charge in [0.1, 0.15) is 0 Å². The smallest absolute Gasteiger partial charge is 0.0446 e. The van der Waals surface area contributed by atoms with Crippen LogP contribution in [0.3, 0.4) is 0 Å². The molecular formula is C11H14BrN. The summed E-state index contributed by atoms with van der Waals surface area (Å²) in [6.45, 7) is 2.23. The highest BCUT2D eigenvalue weighted by molar-refractivity contribution is 9.10. The van der Waals surface area contributed by atoms with Gasteiger partial charge in [-0.05, 0) is 30.4 Å². The summed E-state index contributed by atoms with van der Waals surface area (Å²) < 4.78 is 1.14. The molecule has 2 rings (SSSR count). The van der Waals surface area contributed by atoms with Crippen LogP contribution in [0, 0.1) is 5.92 Å². The first-order valence-corrected chi connectivity index (χ1v) is 5.48. The van der Waals surface area contributed by atoms with Gasteiger partial charge in [0.05, 0.1) is 0 Å². The lowest BCUT2D eigenvalue weighted by atomic mass is 9.64. The van der Waals surface area contributed by atoms with Crippen LogP contribution in [0.15, 0.2) is 28.7 Å². The molecule has 1 aliphatic rings. The minimum Gasteiger partial charge on any atom is -0.321 e. The van der Waals surface area contributed by atoms with Crippen LogP contribution >= 0.6 is 15.9 Å². The molecule has 70 valence electrons. The van der Waals surface area contributed by atoms with Gasteiger partial charge >= 0.3 is 0 Å². The molecule has 0 aromatic heterocycles. The third-order valence-corrected chi connectivity index (χ3v) is 3.94. The van der Waals surface area contributed by atoms with Gasteiger partial charge in [0, 0.05) is 10.0 Å². The summed E-state index contributed by atoms with van der Waals surface area (Å²) in [6, 6.07) is 8.27. The summed E-state index contributed by atoms with van der Waals surface area (Å²) >= 11 is 3.55. The van der Waals surface area contributed by atoms with Gasteiger partial charge < -0.3 is 5.73 Å². The van der Waals surface area contributed by atoms with E-state index in [-0.39, 0.29) is 5.54 Å². The van der Waals surface area contributed by atoms with Crippen molar-refractivity contribution < 1.29 is 0 Å². The normalized spacial score (nSPS) is 32.7. The molecule has 13 heavy (non-hydrogen) atoms. The highest BCUT2D eigenvalue weighted by atomic mass is 79.9. The molecule has 2 atom stereocenters. The molecular weight excluding hydrogens is 226 g/mol. The average molecular weight is 240 g/mol. The maximum absolute atomic E-state index is 6.34. The van der Waals surface area contributed by atoms with Crippen LogP contribution in [0.5, 0.6) is 0 Å². The maximum atomic E-state index is 6.34. The van der Waals surface area contributed by atoms with Crippen LogP contribution < -0.4 is 5.73 Å². The Balaban J connectivity index is 2.40. The Morgan fingerprint density at radius 3 is 2.62 bits per heavy atom. The molecule has 2 N–H and O–H groups in total. The van der Waals surface area contributed by atoms with Gasteiger partial charge in [-0.15, -0.1) is 0 Å². The molecule has 1 fully saturated rings. The molecule has 0 amide bonds. The highest BCUT2D eigenvalue weighted by Crippen LogP contribution is 2.46. The van der Waals surface area contributed by atoms with E-state index in [0.717, 1.165) is 10.9 Å². The van der Waals surface area contributed by atoms with Crippen molar-refractivity contribution in [3.63, 3.8) is 0 Å². The summed E-state index contributed by atoms with van der Waals surface area (Å²) in [7, 11) is 0. The minimum atomic E-state index is -0.0832. The lowest BCUT2D eigenvalue weighted by Gasteiger charge is -2.46. The summed E-state index contributed by atoms with van der Waals surface area (Å²) in [5.74, 6) is 0.603. The number of hydrogen-bond acceptors (Lipinski definition) is 1. The predicted molar refractivity (Wildman–Crippen MR) is 58.4 cm³/mol. The SMILES string of the molecule is CC1CCC1(N)c1ccccc1Br. The van der Waals surface area contributed by atoms with Gasteiger partial charge in [0.2, 0.25) is 0 Å². The van der Waals surface area contributed by atoms with Gasteiger partial charge in [0.25, 0.3) is 0 Å². The van der Waals surface area contributed by atoms with Crippen molar-refractivity contribution in [3.05, 3.63) is 34.3 Å². The molecule has 1 aromatic carbocycles. The Morgan fingerprint density at radius 1 is 1.46 bits per heavy atom. The van der Waals surface area contributed by atoms with Crippen molar-refractivity contribution in [2.45, 2.75) is 25.3 Å². The van der Waals surface area contributed by atoms with Gasteiger partial charge in [-0.25, -0.2) is 0 Å². The number of hydrogen-bond donors (Lipinski definition) is 1. The van der Waals surface area contributed by atoms with Crippen LogP contribution in [0.1, 0.15) is 25.3 Å². The monoisotopic (exact) mass is 239 g/mol. The Bertz CT molecular complexity index is 324. The molecule has 1 aliphatic carbocycles. The van der Waals surface area contributed by atoms with Gasteiger partial charge in [0.15, 0.2) is 0 Å². The maximum Gasteiger partial charge on any atom is 0.0446 e. The summed E-state index contributed by atoms with van der Waals surface area (Å²) in [5, 5.41) is 0. The average Bonchev–Trinajstić information content (AvgIpc) is 2.15. The first kappa shape index (κ1) is 9.22. The molecule has 1 nitrogen and oxygen atoms in total. The van der Waals surface area contributed by atoms with E-state index in [1.807, 2.05) is 6.07 Å². The van der Waals surface area contributed by atoms with E-state index in [4.69, 9.17) is 5.73 Å². The molecule has 1 saturated carbocycles. The first-order valence-electron chi connectivity index (χ1n) is 4.68. The fraction of sp³-hybridized carbons (Fsp3) is 0.455. The third kappa shape index (κ3) is 1.32. The van der Waals surface area contributed by atoms with Crippen molar-refractivity contribution in [1.29, 1.82) is 0 Å². The van der Waals surface area contributed by atoms with Crippen molar-refractivity contribution in [3.8, 4) is 0 Å². The number of benzene rings is 1. The van der Waals surface area contributed by atoms with Crippen molar-refractivity contribution in [2.24, 2.45) is 11.7 Å². The Hall–Kier alpha value is -0.340. The largest absolute Gasteiger partial charge is 0.321 e. The molecule has 0 radical (unpaired) electrons. The van der Waals surface area contributed by atoms with Crippen LogP contribution in [0.2, 0.25) is 0 Å². The van der Waals surface area contributed by atoms with E-state index in [2.05, 4.69) is 41.1 Å². The Labute approximate surface area is 87.5 Å². The van der Waals surface area contributed by atoms with Gasteiger partial charge in [-0.2, -0.15) is 0 Å². The minimum absolute atomic E-state index is 0.0832. The molecule has 2 unspecified atom stereocenters. The van der Waals surface area contributed by atoms with E-state index in [0.29, 0.717) is 5.92 Å². The summed E-state index contributed by atoms with van der Waals surface area (Å²) in [6.07, 6.45) is 2.36. The van der Waals surface area contributed by atoms with E-state index in [1.54, 1.807) is 0 Å². The van der Waals surface area contributed by atoms with E-state index >= 15 is 0 Å². The zero-order valence-electron chi connectivity index (χ0n) is 7.76. The van der Waals surface area contributed by atoms with Crippen molar-refractivity contribution >= 4 is 15.9 Å². The fourth-order valence-corrected chi connectivity index (χ4v) is 2.64. The number of halogens is 1. The number of rotatable bonds is 1. The zero-order valence-corrected chi connectivity index (χ0v) is 9.34. The zero-order chi connectivity index (χ0) is 9.47. The van der Waals surface area contributed by atoms with Crippen molar-refractivity contribution in [1.82, 2.24) is 0 Å². The number of nitrogens with two attached hydrogens (primary N) is 1. The molecule has 0 bridgehead atoms. The van der Waals surface area contributed by atoms with Gasteiger partial charge in [-0.3, -0.25) is 0 Å². The standard InChI is InChI=1S/C11H14BrN/c1-8-6-7-11(8,13)9-4-2-3-5-10(9)12/h2-5,8H,6-7,13H2,1H3. The molecule has 0 aliphatic heterocycles. The molecule has 1 aromatic rings. The third-order valence-electron chi connectivity index (χ3n) is 3.25. The van der Waals surface area contributed by atoms with Crippen LogP contribution in [0.25, 0.3) is 0 Å². The van der Waals surface area contributed by atoms with Crippen LogP contribution in [-0.2, 0) is 5.54 Å². The van der Waals surface area contributed by atoms with Crippen LogP contribution in [0.4, 0.5) is 0 Å². The second-order valence-electron chi connectivity index (χ2n) is 3.96. The van der Waals surface area contributed by atoms with Crippen LogP contribution in [-0.4, -0.2) is 0 Å². The molecule has 2 heteroatoms. The Kier molecular flexibility index (Phi) is 2.20. The van der Waals surface area contributed by atoms with Crippen molar-refractivity contribution in [2.75, 3.05) is 0 Å². The second-order valence-corrected chi connectivity index (χ2v) is 4.81. The molecule has 0 saturated heterocycles. The van der Waals surface area contributed by atoms with E-state index in [9.17, 15) is 0 Å². The summed E-state index contributed by atoms with van der Waals surface area (Å²) in [5.41, 5.74) is 7.51. The lowest BCUT2D eigenvalue weighted by molar-refractivity contribution is 0.144. The lowest BCUT2D eigenvalue weighted by Crippen LogP contribution is -2.50. The second kappa shape index (κ2) is 3.10. The fourth-order valence-electron chi connectivity index (χ4n) is 1.98.